The third kappa shape index (κ3) is 5.80. The summed E-state index contributed by atoms with van der Waals surface area (Å²) >= 11 is 14.0. The van der Waals surface area contributed by atoms with Gasteiger partial charge in [0, 0.05) is 0 Å². The van der Waals surface area contributed by atoms with Crippen LogP contribution in [0.15, 0.2) is 70.6 Å². The number of amidine groups is 1. The van der Waals surface area contributed by atoms with Crippen LogP contribution in [-0.2, 0) is 11.4 Å². The Morgan fingerprint density at radius 3 is 2.35 bits per heavy atom. The number of carboxylic acids is 1. The molecule has 4 rings (SSSR count). The number of hydrogen-bond acceptors (Lipinski definition) is 5. The van der Waals surface area contributed by atoms with Gasteiger partial charge in [0.25, 0.3) is 5.91 Å². The Labute approximate surface area is 210 Å². The number of aryl methyl sites for hydroxylation is 1. The molecule has 1 fully saturated rings. The van der Waals surface area contributed by atoms with Crippen LogP contribution in [-0.4, -0.2) is 22.2 Å². The van der Waals surface area contributed by atoms with Crippen molar-refractivity contribution in [1.82, 2.24) is 5.32 Å². The molecule has 3 aromatic carbocycles. The van der Waals surface area contributed by atoms with Crippen molar-refractivity contribution < 1.29 is 19.4 Å². The molecule has 0 radical (unpaired) electrons. The van der Waals surface area contributed by atoms with Crippen LogP contribution in [0, 0.1) is 6.92 Å². The van der Waals surface area contributed by atoms with E-state index in [0.29, 0.717) is 31.4 Å². The normalized spacial score (nSPS) is 15.6. The topological polar surface area (TPSA) is 88.0 Å². The molecule has 1 amide bonds. The molecule has 0 aromatic heterocycles. The maximum atomic E-state index is 12.4. The van der Waals surface area contributed by atoms with Crippen molar-refractivity contribution in [3.05, 3.63) is 97.9 Å². The molecule has 1 aliphatic rings. The summed E-state index contributed by atoms with van der Waals surface area (Å²) in [5.41, 5.74) is 3.48. The van der Waals surface area contributed by atoms with Crippen LogP contribution in [0.2, 0.25) is 10.0 Å². The highest BCUT2D eigenvalue weighted by Gasteiger charge is 2.24. The third-order valence-electron chi connectivity index (χ3n) is 4.82. The second-order valence-corrected chi connectivity index (χ2v) is 9.27. The Kier molecular flexibility index (Phi) is 7.26. The summed E-state index contributed by atoms with van der Waals surface area (Å²) in [5, 5.41) is 12.8. The third-order valence-corrected chi connectivity index (χ3v) is 6.29. The van der Waals surface area contributed by atoms with Gasteiger partial charge in [-0.25, -0.2) is 9.79 Å². The average molecular weight is 513 g/mol. The number of halogens is 2. The van der Waals surface area contributed by atoms with Crippen LogP contribution in [0.25, 0.3) is 6.08 Å². The van der Waals surface area contributed by atoms with Gasteiger partial charge >= 0.3 is 5.97 Å². The number of amides is 1. The number of aromatic carboxylic acids is 1. The summed E-state index contributed by atoms with van der Waals surface area (Å²) in [6.45, 7) is 2.16. The zero-order chi connectivity index (χ0) is 24.2. The van der Waals surface area contributed by atoms with Crippen molar-refractivity contribution in [2.45, 2.75) is 13.5 Å². The highest BCUT2D eigenvalue weighted by atomic mass is 35.5. The molecule has 0 spiro atoms. The molecule has 0 atom stereocenters. The van der Waals surface area contributed by atoms with Crippen molar-refractivity contribution in [3.8, 4) is 5.75 Å². The van der Waals surface area contributed by atoms with Crippen molar-refractivity contribution >= 4 is 63.8 Å². The number of carboxylic acid groups (broad SMARTS) is 1. The molecule has 6 nitrogen and oxygen atoms in total. The SMILES string of the molecule is Cc1ccc(N=C2NC(=O)/C(=C/c3cc(Cl)c(OCc4ccc(C(=O)O)cc4)c(Cl)c3)S2)cc1. The summed E-state index contributed by atoms with van der Waals surface area (Å²) < 4.78 is 5.76. The van der Waals surface area contributed by atoms with Gasteiger partial charge in [-0.05, 0) is 72.3 Å². The second-order valence-electron chi connectivity index (χ2n) is 7.42. The summed E-state index contributed by atoms with van der Waals surface area (Å²) in [6.07, 6.45) is 1.68. The number of benzene rings is 3. The molecule has 1 saturated heterocycles. The Hall–Kier alpha value is -3.26. The smallest absolute Gasteiger partial charge is 0.335 e. The van der Waals surface area contributed by atoms with Crippen LogP contribution in [0.5, 0.6) is 5.75 Å². The van der Waals surface area contributed by atoms with Crippen LogP contribution < -0.4 is 10.1 Å². The van der Waals surface area contributed by atoms with Gasteiger partial charge in [0.15, 0.2) is 10.9 Å². The van der Waals surface area contributed by atoms with Gasteiger partial charge in [-0.3, -0.25) is 4.79 Å². The molecule has 0 bridgehead atoms. The first-order chi connectivity index (χ1) is 16.3. The predicted molar refractivity (Wildman–Crippen MR) is 136 cm³/mol. The van der Waals surface area contributed by atoms with Crippen molar-refractivity contribution in [2.75, 3.05) is 0 Å². The zero-order valence-corrected chi connectivity index (χ0v) is 20.2. The fourth-order valence-electron chi connectivity index (χ4n) is 3.07. The number of nitrogens with zero attached hydrogens (tertiary/aromatic N) is 1. The lowest BCUT2D eigenvalue weighted by atomic mass is 10.1. The second kappa shape index (κ2) is 10.3. The number of thioether (sulfide) groups is 1. The predicted octanol–water partition coefficient (Wildman–Crippen LogP) is 6.47. The first-order valence-corrected chi connectivity index (χ1v) is 11.7. The van der Waals surface area contributed by atoms with E-state index < -0.39 is 5.97 Å². The number of carbonyl (C=O) groups is 2. The molecule has 172 valence electrons. The van der Waals surface area contributed by atoms with E-state index in [1.807, 2.05) is 31.2 Å². The molecular formula is C25H18Cl2N2O4S. The molecule has 1 heterocycles. The van der Waals surface area contributed by atoms with Gasteiger partial charge in [0.2, 0.25) is 0 Å². The molecular weight excluding hydrogens is 495 g/mol. The first-order valence-electron chi connectivity index (χ1n) is 10.1. The van der Waals surface area contributed by atoms with E-state index in [-0.39, 0.29) is 18.1 Å². The molecule has 0 saturated carbocycles. The number of ether oxygens (including phenoxy) is 1. The van der Waals surface area contributed by atoms with E-state index in [1.165, 1.54) is 23.9 Å². The average Bonchev–Trinajstić information content (AvgIpc) is 3.13. The van der Waals surface area contributed by atoms with Crippen molar-refractivity contribution in [3.63, 3.8) is 0 Å². The minimum Gasteiger partial charge on any atom is -0.486 e. The summed E-state index contributed by atoms with van der Waals surface area (Å²) in [6, 6.07) is 17.3. The lowest BCUT2D eigenvalue weighted by Crippen LogP contribution is -2.19. The van der Waals surface area contributed by atoms with E-state index >= 15 is 0 Å². The highest BCUT2D eigenvalue weighted by Crippen LogP contribution is 2.37. The maximum Gasteiger partial charge on any atom is 0.335 e. The van der Waals surface area contributed by atoms with Crippen LogP contribution in [0.1, 0.15) is 27.0 Å². The fraction of sp³-hybridized carbons (Fsp3) is 0.0800. The first kappa shape index (κ1) is 23.9. The highest BCUT2D eigenvalue weighted by molar-refractivity contribution is 8.18. The van der Waals surface area contributed by atoms with Crippen molar-refractivity contribution in [1.29, 1.82) is 0 Å². The Morgan fingerprint density at radius 1 is 1.09 bits per heavy atom. The molecule has 9 heteroatoms. The fourth-order valence-corrected chi connectivity index (χ4v) is 4.52. The summed E-state index contributed by atoms with van der Waals surface area (Å²) in [5.74, 6) is -0.947. The molecule has 34 heavy (non-hydrogen) atoms. The van der Waals surface area contributed by atoms with E-state index in [2.05, 4.69) is 10.3 Å². The Balaban J connectivity index is 1.47. The number of carbonyl (C=O) groups excluding carboxylic acids is 1. The zero-order valence-electron chi connectivity index (χ0n) is 17.8. The number of aliphatic imine (C=N–C) groups is 1. The van der Waals surface area contributed by atoms with Crippen LogP contribution in [0.4, 0.5) is 5.69 Å². The van der Waals surface area contributed by atoms with Gasteiger partial charge in [-0.2, -0.15) is 0 Å². The lowest BCUT2D eigenvalue weighted by Gasteiger charge is -2.11. The van der Waals surface area contributed by atoms with E-state index in [9.17, 15) is 9.59 Å². The number of nitrogens with one attached hydrogen (secondary N) is 1. The summed E-state index contributed by atoms with van der Waals surface area (Å²) in [7, 11) is 0. The van der Waals surface area contributed by atoms with E-state index in [4.69, 9.17) is 33.0 Å². The van der Waals surface area contributed by atoms with Crippen molar-refractivity contribution in [2.24, 2.45) is 4.99 Å². The molecule has 0 unspecified atom stereocenters. The number of rotatable bonds is 6. The van der Waals surface area contributed by atoms with E-state index in [1.54, 1.807) is 30.3 Å². The molecule has 0 aliphatic carbocycles. The monoisotopic (exact) mass is 512 g/mol. The van der Waals surface area contributed by atoms with Gasteiger partial charge < -0.3 is 15.2 Å². The van der Waals surface area contributed by atoms with E-state index in [0.717, 1.165) is 16.8 Å². The molecule has 1 aliphatic heterocycles. The summed E-state index contributed by atoms with van der Waals surface area (Å²) in [4.78, 5) is 28.3. The molecule has 2 N–H and O–H groups in total. The largest absolute Gasteiger partial charge is 0.486 e. The standard InChI is InChI=1S/C25H18Cl2N2O4S/c1-14-2-8-18(9-3-14)28-25-29-23(30)21(34-25)12-16-10-19(26)22(20(27)11-16)33-13-15-4-6-17(7-5-15)24(31)32/h2-12H,13H2,1H3,(H,31,32)(H,28,29,30)/b21-12-. The minimum atomic E-state index is -0.995. The van der Waals surface area contributed by atoms with Crippen LogP contribution in [0.3, 0.4) is 0 Å². The Morgan fingerprint density at radius 2 is 1.74 bits per heavy atom. The van der Waals surface area contributed by atoms with Gasteiger partial charge in [-0.15, -0.1) is 0 Å². The number of hydrogen-bond donors (Lipinski definition) is 2. The van der Waals surface area contributed by atoms with Crippen LogP contribution >= 0.6 is 35.0 Å². The van der Waals surface area contributed by atoms with Gasteiger partial charge in [0.05, 0.1) is 26.2 Å². The lowest BCUT2D eigenvalue weighted by molar-refractivity contribution is -0.115. The maximum absolute atomic E-state index is 12.4. The Bertz CT molecular complexity index is 1300. The minimum absolute atomic E-state index is 0.164. The van der Waals surface area contributed by atoms with Gasteiger partial charge in [-0.1, -0.05) is 53.0 Å². The molecule has 3 aromatic rings. The quantitative estimate of drug-likeness (QED) is 0.369. The van der Waals surface area contributed by atoms with Gasteiger partial charge in [0.1, 0.15) is 6.61 Å².